The summed E-state index contributed by atoms with van der Waals surface area (Å²) in [6.45, 7) is 0. The van der Waals surface area contributed by atoms with Crippen molar-refractivity contribution in [1.82, 2.24) is 9.97 Å². The molecule has 0 aliphatic rings. The minimum atomic E-state index is -0.302. The highest BCUT2D eigenvalue weighted by molar-refractivity contribution is 6.68. The van der Waals surface area contributed by atoms with Gasteiger partial charge < -0.3 is 4.98 Å². The van der Waals surface area contributed by atoms with Crippen LogP contribution in [0.15, 0.2) is 29.1 Å². The second-order valence-corrected chi connectivity index (χ2v) is 5.94. The first-order valence-corrected chi connectivity index (χ1v) is 7.48. The lowest BCUT2D eigenvalue weighted by Gasteiger charge is -2.20. The van der Waals surface area contributed by atoms with Crippen LogP contribution < -0.4 is 33.0 Å². The standard InChI is InChI=1S/C14H15B5N2O/c15-8-7(9(16)11(18)12(19)10(8)17)13-5-3-1-2-4-6(5)20-14(22)21-13/h1-4H,15-19H2,(H,20,21,22). The molecule has 0 amide bonds. The average Bonchev–Trinajstić information content (AvgIpc) is 2.51. The van der Waals surface area contributed by atoms with Crippen LogP contribution in [0.25, 0.3) is 22.2 Å². The summed E-state index contributed by atoms with van der Waals surface area (Å²) in [4.78, 5) is 19.1. The third kappa shape index (κ3) is 2.14. The lowest BCUT2D eigenvalue weighted by molar-refractivity contribution is 1.13. The van der Waals surface area contributed by atoms with Gasteiger partial charge in [-0.15, -0.1) is 16.4 Å². The Morgan fingerprint density at radius 1 is 0.818 bits per heavy atom. The SMILES string of the molecule is Bc1c(B)c(B)c(-c2nc(=O)[nH]c3ccccc23)c(B)c1B. The molecule has 0 saturated carbocycles. The summed E-state index contributed by atoms with van der Waals surface area (Å²) < 4.78 is 0. The normalized spacial score (nSPS) is 10.9. The zero-order valence-electron chi connectivity index (χ0n) is 13.7. The Labute approximate surface area is 134 Å². The average molecular weight is 281 g/mol. The smallest absolute Gasteiger partial charge is 0.305 e. The lowest BCUT2D eigenvalue weighted by atomic mass is 9.60. The molecule has 0 aliphatic heterocycles. The molecule has 0 atom stereocenters. The monoisotopic (exact) mass is 282 g/mol. The van der Waals surface area contributed by atoms with Crippen LogP contribution in [0.1, 0.15) is 0 Å². The molecule has 1 heterocycles. The number of fused-ring (bicyclic) bond motifs is 1. The molecule has 3 aromatic rings. The van der Waals surface area contributed by atoms with Crippen molar-refractivity contribution in [3.05, 3.63) is 34.7 Å². The van der Waals surface area contributed by atoms with Gasteiger partial charge in [-0.3, -0.25) is 0 Å². The van der Waals surface area contributed by atoms with Crippen LogP contribution in [0.5, 0.6) is 0 Å². The molecule has 0 bridgehead atoms. The van der Waals surface area contributed by atoms with E-state index >= 15 is 0 Å². The van der Waals surface area contributed by atoms with E-state index in [1.54, 1.807) is 0 Å². The number of benzene rings is 2. The summed E-state index contributed by atoms with van der Waals surface area (Å²) in [5.74, 6) is 0. The first-order chi connectivity index (χ1) is 10.4. The molecule has 0 spiro atoms. The minimum absolute atomic E-state index is 0.302. The van der Waals surface area contributed by atoms with Crippen LogP contribution in [-0.4, -0.2) is 49.2 Å². The number of para-hydroxylation sites is 1. The molecule has 0 saturated heterocycles. The van der Waals surface area contributed by atoms with E-state index in [4.69, 9.17) is 0 Å². The van der Waals surface area contributed by atoms with Gasteiger partial charge in [-0.2, -0.15) is 4.98 Å². The molecule has 1 aromatic heterocycles. The first-order valence-electron chi connectivity index (χ1n) is 7.48. The Hall–Kier alpha value is -2.10. The Morgan fingerprint density at radius 2 is 1.36 bits per heavy atom. The van der Waals surface area contributed by atoms with Crippen LogP contribution >= 0.6 is 0 Å². The van der Waals surface area contributed by atoms with Gasteiger partial charge >= 0.3 is 5.69 Å². The van der Waals surface area contributed by atoms with Gasteiger partial charge in [-0.1, -0.05) is 29.1 Å². The van der Waals surface area contributed by atoms with Crippen molar-refractivity contribution in [2.24, 2.45) is 0 Å². The Kier molecular flexibility index (Phi) is 3.55. The van der Waals surface area contributed by atoms with Gasteiger partial charge in [0, 0.05) is 5.39 Å². The van der Waals surface area contributed by atoms with Gasteiger partial charge in [0.2, 0.25) is 0 Å². The summed E-state index contributed by atoms with van der Waals surface area (Å²) in [6, 6.07) is 7.83. The molecule has 0 unspecified atom stereocenters. The Morgan fingerprint density at radius 3 is 2.00 bits per heavy atom. The third-order valence-corrected chi connectivity index (χ3v) is 4.87. The zero-order valence-corrected chi connectivity index (χ0v) is 13.7. The van der Waals surface area contributed by atoms with E-state index in [2.05, 4.69) is 49.2 Å². The molecular weight excluding hydrogens is 266 g/mol. The summed E-state index contributed by atoms with van der Waals surface area (Å²) >= 11 is 0. The Balaban J connectivity index is 2.51. The zero-order chi connectivity index (χ0) is 16.0. The van der Waals surface area contributed by atoms with E-state index in [0.717, 1.165) is 22.2 Å². The molecule has 102 valence electrons. The molecule has 3 rings (SSSR count). The van der Waals surface area contributed by atoms with Crippen LogP contribution in [0, 0.1) is 0 Å². The maximum absolute atomic E-state index is 12.0. The molecular formula is C14H15B5N2O. The molecule has 1 N–H and O–H groups in total. The molecule has 8 heteroatoms. The van der Waals surface area contributed by atoms with Crippen molar-refractivity contribution in [1.29, 1.82) is 0 Å². The predicted octanol–water partition coefficient (Wildman–Crippen LogP) is -6.12. The first kappa shape index (κ1) is 14.8. The molecule has 0 radical (unpaired) electrons. The second kappa shape index (κ2) is 5.27. The number of hydrogen-bond acceptors (Lipinski definition) is 2. The molecule has 22 heavy (non-hydrogen) atoms. The Bertz CT molecular complexity index is 938. The highest BCUT2D eigenvalue weighted by Gasteiger charge is 2.16. The number of aromatic nitrogens is 2. The third-order valence-electron chi connectivity index (χ3n) is 4.87. The molecule has 2 aromatic carbocycles. The highest BCUT2D eigenvalue weighted by Crippen LogP contribution is 2.20. The number of aromatic amines is 1. The van der Waals surface area contributed by atoms with Crippen molar-refractivity contribution < 1.29 is 0 Å². The van der Waals surface area contributed by atoms with Crippen LogP contribution in [-0.2, 0) is 0 Å². The summed E-state index contributed by atoms with van der Waals surface area (Å²) in [5.41, 5.74) is 8.63. The highest BCUT2D eigenvalue weighted by atomic mass is 16.1. The number of H-pyrrole nitrogens is 1. The van der Waals surface area contributed by atoms with Gasteiger partial charge in [-0.05, 0) is 11.6 Å². The van der Waals surface area contributed by atoms with E-state index in [1.807, 2.05) is 24.3 Å². The summed E-state index contributed by atoms with van der Waals surface area (Å²) in [6.07, 6.45) is 0. The largest absolute Gasteiger partial charge is 0.345 e. The summed E-state index contributed by atoms with van der Waals surface area (Å²) in [7, 11) is 10.6. The van der Waals surface area contributed by atoms with Crippen LogP contribution in [0.2, 0.25) is 0 Å². The van der Waals surface area contributed by atoms with Gasteiger partial charge in [-0.25, -0.2) is 4.79 Å². The molecule has 3 nitrogen and oxygen atoms in total. The van der Waals surface area contributed by atoms with Crippen LogP contribution in [0.3, 0.4) is 0 Å². The van der Waals surface area contributed by atoms with Crippen molar-refractivity contribution in [3.8, 4) is 11.3 Å². The van der Waals surface area contributed by atoms with Crippen molar-refractivity contribution >= 4 is 77.4 Å². The quantitative estimate of drug-likeness (QED) is 0.451. The maximum Gasteiger partial charge on any atom is 0.345 e. The van der Waals surface area contributed by atoms with E-state index in [-0.39, 0.29) is 5.69 Å². The number of nitrogens with one attached hydrogen (secondary N) is 1. The predicted molar refractivity (Wildman–Crippen MR) is 109 cm³/mol. The van der Waals surface area contributed by atoms with Gasteiger partial charge in [0.15, 0.2) is 0 Å². The maximum atomic E-state index is 12.0. The molecule has 0 fully saturated rings. The van der Waals surface area contributed by atoms with E-state index in [0.29, 0.717) is 0 Å². The second-order valence-electron chi connectivity index (χ2n) is 5.94. The topological polar surface area (TPSA) is 45.8 Å². The minimum Gasteiger partial charge on any atom is -0.305 e. The van der Waals surface area contributed by atoms with E-state index in [1.165, 1.54) is 27.3 Å². The van der Waals surface area contributed by atoms with E-state index in [9.17, 15) is 4.79 Å². The van der Waals surface area contributed by atoms with Crippen LogP contribution in [0.4, 0.5) is 0 Å². The summed E-state index contributed by atoms with van der Waals surface area (Å²) in [5, 5.41) is 0.982. The number of nitrogens with zero attached hydrogens (tertiary/aromatic N) is 1. The lowest BCUT2D eigenvalue weighted by Crippen LogP contribution is -2.55. The van der Waals surface area contributed by atoms with Gasteiger partial charge in [0.25, 0.3) is 0 Å². The number of rotatable bonds is 1. The number of hydrogen-bond donors (Lipinski definition) is 1. The van der Waals surface area contributed by atoms with Crippen molar-refractivity contribution in [2.45, 2.75) is 0 Å². The van der Waals surface area contributed by atoms with Gasteiger partial charge in [0.1, 0.15) is 39.2 Å². The molecule has 0 aliphatic carbocycles. The van der Waals surface area contributed by atoms with Crippen molar-refractivity contribution in [3.63, 3.8) is 0 Å². The van der Waals surface area contributed by atoms with Crippen molar-refractivity contribution in [2.75, 3.05) is 0 Å². The van der Waals surface area contributed by atoms with Gasteiger partial charge in [0.05, 0.1) is 11.2 Å². The van der Waals surface area contributed by atoms with E-state index < -0.39 is 0 Å². The fourth-order valence-electron chi connectivity index (χ4n) is 3.15. The fraction of sp³-hybridized carbons (Fsp3) is 0. The fourth-order valence-corrected chi connectivity index (χ4v) is 3.15.